The molecule has 0 unspecified atom stereocenters. The number of phenolic OH excluding ortho intramolecular Hbond substituents is 2. The van der Waals surface area contributed by atoms with Crippen LogP contribution in [0.3, 0.4) is 0 Å². The summed E-state index contributed by atoms with van der Waals surface area (Å²) in [7, 11) is 0. The second-order valence-electron chi connectivity index (χ2n) is 7.52. The number of carbonyl (C=O) groups is 2. The van der Waals surface area contributed by atoms with Crippen molar-refractivity contribution in [1.29, 1.82) is 0 Å². The molecule has 0 saturated heterocycles. The van der Waals surface area contributed by atoms with Gasteiger partial charge in [0.05, 0.1) is 28.1 Å². The molecule has 4 N–H and O–H groups in total. The zero-order chi connectivity index (χ0) is 18.1. The molecule has 6 nitrogen and oxygen atoms in total. The van der Waals surface area contributed by atoms with Crippen molar-refractivity contribution >= 4 is 22.3 Å². The highest BCUT2D eigenvalue weighted by Gasteiger charge is 2.56. The van der Waals surface area contributed by atoms with E-state index in [2.05, 4.69) is 0 Å². The van der Waals surface area contributed by atoms with Crippen molar-refractivity contribution in [2.45, 2.75) is 43.3 Å². The van der Waals surface area contributed by atoms with Gasteiger partial charge in [0.15, 0.2) is 5.78 Å². The number of Topliss-reactive ketones (excluding diaryl/α,β-unsaturated/α-hetero) is 2. The summed E-state index contributed by atoms with van der Waals surface area (Å²) < 4.78 is 0. The molecule has 25 heavy (non-hydrogen) atoms. The number of carbonyl (C=O) groups excluding carboxylic acids is 2. The van der Waals surface area contributed by atoms with Gasteiger partial charge in [-0.1, -0.05) is 12.1 Å². The van der Waals surface area contributed by atoms with Gasteiger partial charge in [-0.2, -0.15) is 0 Å². The number of hydrogen-bond acceptors (Lipinski definition) is 6. The number of hydrogen-bond donors (Lipinski definition) is 4. The lowest BCUT2D eigenvalue weighted by atomic mass is 9.60. The summed E-state index contributed by atoms with van der Waals surface area (Å²) >= 11 is 0. The summed E-state index contributed by atoms with van der Waals surface area (Å²) in [5.41, 5.74) is -2.83. The molecule has 1 saturated carbocycles. The molecule has 0 radical (unpaired) electrons. The van der Waals surface area contributed by atoms with Gasteiger partial charge in [0.25, 0.3) is 0 Å². The molecule has 2 aromatic carbocycles. The van der Waals surface area contributed by atoms with Crippen molar-refractivity contribution in [3.8, 4) is 11.5 Å². The summed E-state index contributed by atoms with van der Waals surface area (Å²) in [6.07, 6.45) is -0.591. The van der Waals surface area contributed by atoms with Crippen molar-refractivity contribution in [2.75, 3.05) is 0 Å². The van der Waals surface area contributed by atoms with E-state index in [4.69, 9.17) is 0 Å². The van der Waals surface area contributed by atoms with E-state index in [1.807, 2.05) is 0 Å². The molecule has 2 aromatic rings. The topological polar surface area (TPSA) is 115 Å². The van der Waals surface area contributed by atoms with Crippen LogP contribution >= 0.6 is 0 Å². The summed E-state index contributed by atoms with van der Waals surface area (Å²) in [4.78, 5) is 25.3. The van der Waals surface area contributed by atoms with Gasteiger partial charge in [0, 0.05) is 19.3 Å². The zero-order valence-corrected chi connectivity index (χ0v) is 13.6. The Hall–Kier alpha value is -2.44. The highest BCUT2D eigenvalue weighted by atomic mass is 16.3. The first-order chi connectivity index (χ1) is 11.6. The summed E-state index contributed by atoms with van der Waals surface area (Å²) in [6.45, 7) is 1.47. The number of ketones is 2. The maximum atomic E-state index is 12.7. The fraction of sp³-hybridized carbons (Fsp3) is 0.368. The minimum atomic E-state index is -1.68. The normalized spacial score (nSPS) is 31.7. The molecule has 2 aliphatic rings. The predicted octanol–water partition coefficient (Wildman–Crippen LogP) is 1.77. The molecular weight excluding hydrogens is 324 g/mol. The minimum Gasteiger partial charge on any atom is -0.507 e. The number of phenols is 2. The third-order valence-corrected chi connectivity index (χ3v) is 5.31. The smallest absolute Gasteiger partial charge is 0.169 e. The molecular formula is C19H18O6. The maximum absolute atomic E-state index is 12.7. The van der Waals surface area contributed by atoms with E-state index in [0.29, 0.717) is 5.39 Å². The molecule has 0 amide bonds. The second kappa shape index (κ2) is 4.80. The molecule has 0 bridgehead atoms. The molecule has 1 fully saturated rings. The lowest BCUT2D eigenvalue weighted by molar-refractivity contribution is -0.149. The zero-order valence-electron chi connectivity index (χ0n) is 13.6. The van der Waals surface area contributed by atoms with E-state index in [1.54, 1.807) is 18.2 Å². The third kappa shape index (κ3) is 2.18. The van der Waals surface area contributed by atoms with Crippen LogP contribution in [0, 0.1) is 0 Å². The minimum absolute atomic E-state index is 0.0291. The Labute approximate surface area is 143 Å². The quantitative estimate of drug-likeness (QED) is 0.580. The average Bonchev–Trinajstić information content (AvgIpc) is 2.43. The van der Waals surface area contributed by atoms with Gasteiger partial charge < -0.3 is 20.4 Å². The number of fused-ring (bicyclic) bond motifs is 4. The molecule has 6 heteroatoms. The van der Waals surface area contributed by atoms with Crippen LogP contribution in [0.1, 0.15) is 48.0 Å². The first kappa shape index (κ1) is 16.1. The monoisotopic (exact) mass is 342 g/mol. The van der Waals surface area contributed by atoms with Crippen LogP contribution in [0.5, 0.6) is 11.5 Å². The Balaban J connectivity index is 2.03. The Bertz CT molecular complexity index is 945. The molecule has 0 aliphatic heterocycles. The lowest BCUT2D eigenvalue weighted by Crippen LogP contribution is -2.56. The molecule has 0 heterocycles. The number of benzene rings is 2. The standard InChI is InChI=1S/C19H18O6/c1-18(24)6-13(22)16-10-5-9-3-2-4-11(20)14(9)17(23)15(10)12(21)7-19(16,25)8-18/h2-5,16,20,23-25H,6-8H2,1H3/t16-,18-,19-/m0/s1. The fourth-order valence-corrected chi connectivity index (χ4v) is 4.55. The number of rotatable bonds is 0. The van der Waals surface area contributed by atoms with Gasteiger partial charge in [0.2, 0.25) is 0 Å². The van der Waals surface area contributed by atoms with Crippen LogP contribution < -0.4 is 0 Å². The first-order valence-corrected chi connectivity index (χ1v) is 8.11. The van der Waals surface area contributed by atoms with Gasteiger partial charge >= 0.3 is 0 Å². The van der Waals surface area contributed by atoms with E-state index in [-0.39, 0.29) is 53.1 Å². The van der Waals surface area contributed by atoms with Gasteiger partial charge in [0.1, 0.15) is 17.3 Å². The SMILES string of the molecule is C[C@]1(O)CC(=O)[C@@H]2c3cc4cccc(O)c4c(O)c3C(=O)C[C@]2(O)C1. The molecule has 0 aromatic heterocycles. The number of aliphatic hydroxyl groups is 2. The van der Waals surface area contributed by atoms with Crippen molar-refractivity contribution in [3.63, 3.8) is 0 Å². The van der Waals surface area contributed by atoms with Gasteiger partial charge in [-0.15, -0.1) is 0 Å². The van der Waals surface area contributed by atoms with Crippen molar-refractivity contribution in [3.05, 3.63) is 35.4 Å². The lowest BCUT2D eigenvalue weighted by Gasteiger charge is -2.47. The Kier molecular flexibility index (Phi) is 3.08. The molecule has 130 valence electrons. The highest BCUT2D eigenvalue weighted by molar-refractivity contribution is 6.11. The van der Waals surface area contributed by atoms with Gasteiger partial charge in [-0.05, 0) is 30.0 Å². The van der Waals surface area contributed by atoms with Crippen molar-refractivity contribution < 1.29 is 30.0 Å². The van der Waals surface area contributed by atoms with Gasteiger partial charge in [-0.3, -0.25) is 9.59 Å². The van der Waals surface area contributed by atoms with Gasteiger partial charge in [-0.25, -0.2) is 0 Å². The van der Waals surface area contributed by atoms with Crippen molar-refractivity contribution in [1.82, 2.24) is 0 Å². The Morgan fingerprint density at radius 2 is 1.84 bits per heavy atom. The van der Waals surface area contributed by atoms with Crippen LogP contribution in [0.25, 0.3) is 10.8 Å². The van der Waals surface area contributed by atoms with Crippen LogP contribution in [0.15, 0.2) is 24.3 Å². The fourth-order valence-electron chi connectivity index (χ4n) is 4.55. The Morgan fingerprint density at radius 1 is 1.12 bits per heavy atom. The molecule has 0 spiro atoms. The van der Waals surface area contributed by atoms with Crippen LogP contribution in [0.4, 0.5) is 0 Å². The van der Waals surface area contributed by atoms with Crippen LogP contribution in [-0.4, -0.2) is 43.2 Å². The van der Waals surface area contributed by atoms with E-state index in [1.165, 1.54) is 13.0 Å². The van der Waals surface area contributed by atoms with E-state index < -0.39 is 22.9 Å². The Morgan fingerprint density at radius 3 is 2.56 bits per heavy atom. The molecule has 4 rings (SSSR count). The predicted molar refractivity (Wildman–Crippen MR) is 88.8 cm³/mol. The summed E-state index contributed by atoms with van der Waals surface area (Å²) in [6, 6.07) is 6.21. The van der Waals surface area contributed by atoms with E-state index in [0.717, 1.165) is 0 Å². The van der Waals surface area contributed by atoms with E-state index >= 15 is 0 Å². The molecule has 2 aliphatic carbocycles. The number of aromatic hydroxyl groups is 2. The average molecular weight is 342 g/mol. The van der Waals surface area contributed by atoms with Crippen LogP contribution in [-0.2, 0) is 4.79 Å². The third-order valence-electron chi connectivity index (χ3n) is 5.31. The van der Waals surface area contributed by atoms with Crippen molar-refractivity contribution in [2.24, 2.45) is 0 Å². The molecule has 3 atom stereocenters. The van der Waals surface area contributed by atoms with Crippen LogP contribution in [0.2, 0.25) is 0 Å². The maximum Gasteiger partial charge on any atom is 0.169 e. The summed E-state index contributed by atoms with van der Waals surface area (Å²) in [5, 5.41) is 42.5. The summed E-state index contributed by atoms with van der Waals surface area (Å²) in [5.74, 6) is -2.40. The highest BCUT2D eigenvalue weighted by Crippen LogP contribution is 2.52. The van der Waals surface area contributed by atoms with E-state index in [9.17, 15) is 30.0 Å². The second-order valence-corrected chi connectivity index (χ2v) is 7.52. The first-order valence-electron chi connectivity index (χ1n) is 8.11. The largest absolute Gasteiger partial charge is 0.507 e.